The number of nitrogens with two attached hydrogens (primary N) is 1. The number of hydrogen-bond donors (Lipinski definition) is 4. The van der Waals surface area contributed by atoms with Crippen molar-refractivity contribution in [3.05, 3.63) is 0 Å². The van der Waals surface area contributed by atoms with Gasteiger partial charge in [-0.05, 0) is 31.6 Å². The van der Waals surface area contributed by atoms with Crippen LogP contribution in [-0.4, -0.2) is 64.4 Å². The molecule has 5 unspecified atom stereocenters. The summed E-state index contributed by atoms with van der Waals surface area (Å²) in [5, 5.41) is 14.5. The summed E-state index contributed by atoms with van der Waals surface area (Å²) in [4.78, 5) is 50.4. The van der Waals surface area contributed by atoms with Crippen LogP contribution in [0.25, 0.3) is 0 Å². The van der Waals surface area contributed by atoms with Crippen LogP contribution < -0.4 is 16.4 Å². The summed E-state index contributed by atoms with van der Waals surface area (Å²) in [6.07, 6.45) is 1.69. The first kappa shape index (κ1) is 23.9. The van der Waals surface area contributed by atoms with E-state index in [0.29, 0.717) is 25.8 Å². The number of carbonyl (C=O) groups excluding carboxylic acids is 3. The molecule has 1 saturated heterocycles. The van der Waals surface area contributed by atoms with E-state index in [2.05, 4.69) is 10.6 Å². The quantitative estimate of drug-likeness (QED) is 0.433. The number of carboxylic acids is 1. The molecule has 160 valence electrons. The molecule has 0 aromatic heterocycles. The summed E-state index contributed by atoms with van der Waals surface area (Å²) >= 11 is 0. The monoisotopic (exact) mass is 398 g/mol. The van der Waals surface area contributed by atoms with Gasteiger partial charge in [0.2, 0.25) is 17.7 Å². The maximum Gasteiger partial charge on any atom is 0.326 e. The molecule has 28 heavy (non-hydrogen) atoms. The molecule has 0 aromatic rings. The Morgan fingerprint density at radius 2 is 1.75 bits per heavy atom. The summed E-state index contributed by atoms with van der Waals surface area (Å²) in [6.45, 7) is 9.17. The Balaban J connectivity index is 2.79. The highest BCUT2D eigenvalue weighted by Crippen LogP contribution is 2.20. The molecule has 0 aliphatic carbocycles. The number of rotatable bonds is 9. The van der Waals surface area contributed by atoms with Gasteiger partial charge in [-0.25, -0.2) is 4.79 Å². The largest absolute Gasteiger partial charge is 0.480 e. The predicted octanol–water partition coefficient (Wildman–Crippen LogP) is 0.0809. The molecular formula is C19H34N4O5. The molecule has 0 radical (unpaired) electrons. The lowest BCUT2D eigenvalue weighted by atomic mass is 9.98. The van der Waals surface area contributed by atoms with Crippen LogP contribution in [0.1, 0.15) is 53.9 Å². The lowest BCUT2D eigenvalue weighted by molar-refractivity contribution is -0.145. The minimum absolute atomic E-state index is 0.0684. The van der Waals surface area contributed by atoms with Crippen molar-refractivity contribution in [2.45, 2.75) is 78.0 Å². The van der Waals surface area contributed by atoms with E-state index in [9.17, 15) is 24.3 Å². The molecule has 1 aliphatic rings. The minimum atomic E-state index is -1.10. The first-order chi connectivity index (χ1) is 13.0. The van der Waals surface area contributed by atoms with E-state index < -0.39 is 42.0 Å². The van der Waals surface area contributed by atoms with Gasteiger partial charge in [0.05, 0.1) is 6.04 Å². The van der Waals surface area contributed by atoms with Gasteiger partial charge in [0.1, 0.15) is 18.1 Å². The molecule has 1 fully saturated rings. The van der Waals surface area contributed by atoms with Crippen LogP contribution in [0.15, 0.2) is 0 Å². The number of amides is 3. The number of carboxylic acid groups (broad SMARTS) is 1. The Hall–Kier alpha value is -2.16. The molecule has 9 nitrogen and oxygen atoms in total. The Morgan fingerprint density at radius 3 is 2.25 bits per heavy atom. The molecule has 3 amide bonds. The second-order valence-corrected chi connectivity index (χ2v) is 7.90. The van der Waals surface area contributed by atoms with Gasteiger partial charge < -0.3 is 26.4 Å². The fourth-order valence-corrected chi connectivity index (χ4v) is 3.16. The SMILES string of the molecule is CCC(C)C(NC(=O)C1CCCN1C(=O)C(C)NC(=O)C(N)C(C)C)C(=O)O. The molecule has 5 N–H and O–H groups in total. The summed E-state index contributed by atoms with van der Waals surface area (Å²) in [6, 6.07) is -3.29. The molecular weight excluding hydrogens is 364 g/mol. The van der Waals surface area contributed by atoms with Gasteiger partial charge in [-0.3, -0.25) is 14.4 Å². The van der Waals surface area contributed by atoms with Gasteiger partial charge in [-0.2, -0.15) is 0 Å². The smallest absolute Gasteiger partial charge is 0.326 e. The Bertz CT molecular complexity index is 595. The molecule has 1 aliphatic heterocycles. The van der Waals surface area contributed by atoms with Crippen LogP contribution >= 0.6 is 0 Å². The van der Waals surface area contributed by atoms with E-state index in [1.165, 1.54) is 4.90 Å². The van der Waals surface area contributed by atoms with E-state index in [0.717, 1.165) is 0 Å². The average Bonchev–Trinajstić information content (AvgIpc) is 3.13. The summed E-state index contributed by atoms with van der Waals surface area (Å²) in [5.74, 6) is -2.67. The van der Waals surface area contributed by atoms with Crippen LogP contribution in [0, 0.1) is 11.8 Å². The van der Waals surface area contributed by atoms with Crippen LogP contribution in [0.3, 0.4) is 0 Å². The number of hydrogen-bond acceptors (Lipinski definition) is 5. The molecule has 0 bridgehead atoms. The lowest BCUT2D eigenvalue weighted by Gasteiger charge is -2.29. The van der Waals surface area contributed by atoms with Crippen molar-refractivity contribution in [3.8, 4) is 0 Å². The molecule has 1 heterocycles. The van der Waals surface area contributed by atoms with Crippen molar-refractivity contribution in [1.82, 2.24) is 15.5 Å². The maximum atomic E-state index is 12.8. The first-order valence-corrected chi connectivity index (χ1v) is 9.90. The normalized spacial score (nSPS) is 21.0. The molecule has 0 saturated carbocycles. The van der Waals surface area contributed by atoms with Crippen LogP contribution in [0.5, 0.6) is 0 Å². The van der Waals surface area contributed by atoms with Crippen LogP contribution in [0.4, 0.5) is 0 Å². The minimum Gasteiger partial charge on any atom is -0.480 e. The third kappa shape index (κ3) is 5.92. The Labute approximate surface area is 166 Å². The fraction of sp³-hybridized carbons (Fsp3) is 0.789. The summed E-state index contributed by atoms with van der Waals surface area (Å²) < 4.78 is 0. The van der Waals surface area contributed by atoms with Gasteiger partial charge in [-0.15, -0.1) is 0 Å². The van der Waals surface area contributed by atoms with Crippen molar-refractivity contribution >= 4 is 23.7 Å². The van der Waals surface area contributed by atoms with Gasteiger partial charge in [0, 0.05) is 6.54 Å². The highest BCUT2D eigenvalue weighted by atomic mass is 16.4. The second kappa shape index (κ2) is 10.4. The zero-order chi connectivity index (χ0) is 21.6. The van der Waals surface area contributed by atoms with Crippen molar-refractivity contribution in [3.63, 3.8) is 0 Å². The van der Waals surface area contributed by atoms with Crippen LogP contribution in [0.2, 0.25) is 0 Å². The maximum absolute atomic E-state index is 12.8. The van der Waals surface area contributed by atoms with Gasteiger partial charge in [0.25, 0.3) is 0 Å². The number of nitrogens with one attached hydrogen (secondary N) is 2. The van der Waals surface area contributed by atoms with Crippen molar-refractivity contribution < 1.29 is 24.3 Å². The first-order valence-electron chi connectivity index (χ1n) is 9.90. The van der Waals surface area contributed by atoms with E-state index >= 15 is 0 Å². The lowest BCUT2D eigenvalue weighted by Crippen LogP contribution is -2.57. The second-order valence-electron chi connectivity index (χ2n) is 7.90. The standard InChI is InChI=1S/C19H34N4O5/c1-6-11(4)15(19(27)28)22-16(24)13-8-7-9-23(13)18(26)12(5)21-17(25)14(20)10(2)3/h10-15H,6-9,20H2,1-5H3,(H,21,25)(H,22,24)(H,27,28). The van der Waals surface area contributed by atoms with E-state index in [4.69, 9.17) is 5.73 Å². The van der Waals surface area contributed by atoms with E-state index in [1.54, 1.807) is 13.8 Å². The van der Waals surface area contributed by atoms with Gasteiger partial charge in [0.15, 0.2) is 0 Å². The third-order valence-corrected chi connectivity index (χ3v) is 5.37. The van der Waals surface area contributed by atoms with Crippen molar-refractivity contribution in [1.29, 1.82) is 0 Å². The van der Waals surface area contributed by atoms with Crippen LogP contribution in [-0.2, 0) is 19.2 Å². The summed E-state index contributed by atoms with van der Waals surface area (Å²) in [5.41, 5.74) is 5.81. The summed E-state index contributed by atoms with van der Waals surface area (Å²) in [7, 11) is 0. The number of likely N-dealkylation sites (tertiary alicyclic amines) is 1. The van der Waals surface area contributed by atoms with Crippen molar-refractivity contribution in [2.75, 3.05) is 6.54 Å². The Kier molecular flexibility index (Phi) is 8.87. The average molecular weight is 399 g/mol. The van der Waals surface area contributed by atoms with Gasteiger partial charge >= 0.3 is 5.97 Å². The number of aliphatic carboxylic acids is 1. The van der Waals surface area contributed by atoms with E-state index in [1.807, 2.05) is 20.8 Å². The third-order valence-electron chi connectivity index (χ3n) is 5.37. The van der Waals surface area contributed by atoms with Gasteiger partial charge in [-0.1, -0.05) is 34.1 Å². The molecule has 0 spiro atoms. The Morgan fingerprint density at radius 1 is 1.14 bits per heavy atom. The predicted molar refractivity (Wildman–Crippen MR) is 104 cm³/mol. The zero-order valence-electron chi connectivity index (χ0n) is 17.4. The topological polar surface area (TPSA) is 142 Å². The zero-order valence-corrected chi connectivity index (χ0v) is 17.4. The molecule has 5 atom stereocenters. The van der Waals surface area contributed by atoms with Crippen molar-refractivity contribution in [2.24, 2.45) is 17.6 Å². The highest BCUT2D eigenvalue weighted by Gasteiger charge is 2.38. The molecule has 1 rings (SSSR count). The number of nitrogens with zero attached hydrogens (tertiary/aromatic N) is 1. The molecule has 0 aromatic carbocycles. The highest BCUT2D eigenvalue weighted by molar-refractivity contribution is 5.94. The molecule has 9 heteroatoms. The number of carbonyl (C=O) groups is 4. The van der Waals surface area contributed by atoms with E-state index in [-0.39, 0.29) is 17.7 Å². The fourth-order valence-electron chi connectivity index (χ4n) is 3.16.